The maximum Gasteiger partial charge on any atom is 0.263 e. The minimum absolute atomic E-state index is 0.193. The first-order chi connectivity index (χ1) is 13.9. The van der Waals surface area contributed by atoms with Gasteiger partial charge in [-0.25, -0.2) is 8.42 Å². The molecule has 0 aromatic heterocycles. The normalized spacial score (nSPS) is 22.2. The van der Waals surface area contributed by atoms with Crippen molar-refractivity contribution in [3.05, 3.63) is 60.2 Å². The Morgan fingerprint density at radius 2 is 1.93 bits per heavy atom. The Balaban J connectivity index is 1.35. The molecule has 0 aliphatic carbocycles. The first-order valence-electron chi connectivity index (χ1n) is 9.72. The molecule has 0 saturated carbocycles. The van der Waals surface area contributed by atoms with Crippen LogP contribution in [0.4, 0.5) is 5.69 Å². The largest absolute Gasteiger partial charge is 0.371 e. The van der Waals surface area contributed by atoms with Crippen molar-refractivity contribution in [2.45, 2.75) is 24.3 Å². The molecule has 1 fully saturated rings. The summed E-state index contributed by atoms with van der Waals surface area (Å²) in [6, 6.07) is 16.2. The number of sulfonamides is 1. The molecule has 7 nitrogen and oxygen atoms in total. The number of anilines is 1. The molecule has 1 unspecified atom stereocenters. The standard InChI is InChI=1S/C21H24N4O3S/c1-15(23-20-18-9-5-6-10-19(18)29(27,28)24-20)21(26)22-13-16-11-12-25(14-16)17-7-3-2-4-8-17/h2-10,15-16H,11-14H2,1H3,(H,22,26)(H,23,24)/t15-,16?/m0/s1. The molecule has 29 heavy (non-hydrogen) atoms. The number of benzene rings is 2. The van der Waals surface area contributed by atoms with E-state index >= 15 is 0 Å². The van der Waals surface area contributed by atoms with E-state index in [9.17, 15) is 13.2 Å². The average Bonchev–Trinajstić information content (AvgIpc) is 3.30. The molecule has 1 amide bonds. The monoisotopic (exact) mass is 412 g/mol. The van der Waals surface area contributed by atoms with Crippen molar-refractivity contribution in [3.63, 3.8) is 0 Å². The van der Waals surface area contributed by atoms with Gasteiger partial charge in [0.25, 0.3) is 10.0 Å². The van der Waals surface area contributed by atoms with Crippen LogP contribution in [0.5, 0.6) is 0 Å². The topological polar surface area (TPSA) is 90.9 Å². The van der Waals surface area contributed by atoms with Gasteiger partial charge < -0.3 is 10.2 Å². The van der Waals surface area contributed by atoms with Crippen molar-refractivity contribution >= 4 is 27.5 Å². The predicted molar refractivity (Wildman–Crippen MR) is 113 cm³/mol. The van der Waals surface area contributed by atoms with Gasteiger partial charge >= 0.3 is 0 Å². The van der Waals surface area contributed by atoms with E-state index in [-0.39, 0.29) is 16.6 Å². The van der Waals surface area contributed by atoms with Crippen LogP contribution in [-0.4, -0.2) is 45.8 Å². The molecule has 2 N–H and O–H groups in total. The smallest absolute Gasteiger partial charge is 0.263 e. The molecule has 4 rings (SSSR count). The molecule has 2 aliphatic heterocycles. The summed E-state index contributed by atoms with van der Waals surface area (Å²) in [5.41, 5.74) is 1.70. The summed E-state index contributed by atoms with van der Waals surface area (Å²) in [5, 5.41) is 2.97. The van der Waals surface area contributed by atoms with Gasteiger partial charge in [0.2, 0.25) is 5.91 Å². The van der Waals surface area contributed by atoms with Gasteiger partial charge in [-0.15, -0.1) is 0 Å². The highest BCUT2D eigenvalue weighted by atomic mass is 32.2. The van der Waals surface area contributed by atoms with E-state index in [1.165, 1.54) is 11.8 Å². The van der Waals surface area contributed by atoms with Gasteiger partial charge in [-0.05, 0) is 43.5 Å². The van der Waals surface area contributed by atoms with Crippen LogP contribution in [0.1, 0.15) is 18.9 Å². The third-order valence-corrected chi connectivity index (χ3v) is 6.73. The van der Waals surface area contributed by atoms with Crippen LogP contribution in [0.25, 0.3) is 0 Å². The lowest BCUT2D eigenvalue weighted by Crippen LogP contribution is -2.37. The molecule has 152 valence electrons. The highest BCUT2D eigenvalue weighted by molar-refractivity contribution is 7.90. The van der Waals surface area contributed by atoms with Crippen molar-refractivity contribution in [1.82, 2.24) is 10.0 Å². The zero-order chi connectivity index (χ0) is 20.4. The van der Waals surface area contributed by atoms with Gasteiger partial charge in [-0.1, -0.05) is 30.3 Å². The highest BCUT2D eigenvalue weighted by Crippen LogP contribution is 2.24. The second-order valence-corrected chi connectivity index (χ2v) is 9.09. The lowest BCUT2D eigenvalue weighted by Gasteiger charge is -2.19. The number of nitrogens with zero attached hydrogens (tertiary/aromatic N) is 2. The zero-order valence-electron chi connectivity index (χ0n) is 16.2. The maximum atomic E-state index is 12.5. The zero-order valence-corrected chi connectivity index (χ0v) is 17.0. The number of hydrogen-bond acceptors (Lipinski definition) is 5. The van der Waals surface area contributed by atoms with E-state index in [0.717, 1.165) is 19.5 Å². The van der Waals surface area contributed by atoms with Crippen LogP contribution >= 0.6 is 0 Å². The van der Waals surface area contributed by atoms with Gasteiger partial charge in [0.1, 0.15) is 11.9 Å². The number of hydrogen-bond donors (Lipinski definition) is 2. The van der Waals surface area contributed by atoms with Crippen molar-refractivity contribution in [2.24, 2.45) is 10.9 Å². The predicted octanol–water partition coefficient (Wildman–Crippen LogP) is 1.76. The SMILES string of the molecule is C[C@H](N=C1NS(=O)(=O)c2ccccc21)C(=O)NCC1CCN(c2ccccc2)C1. The van der Waals surface area contributed by atoms with Crippen LogP contribution in [0, 0.1) is 5.92 Å². The van der Waals surface area contributed by atoms with E-state index in [1.807, 2.05) is 18.2 Å². The number of fused-ring (bicyclic) bond motifs is 1. The van der Waals surface area contributed by atoms with E-state index in [1.54, 1.807) is 25.1 Å². The molecule has 0 bridgehead atoms. The number of nitrogens with one attached hydrogen (secondary N) is 2. The van der Waals surface area contributed by atoms with Gasteiger partial charge in [-0.3, -0.25) is 14.5 Å². The second kappa shape index (κ2) is 7.87. The Kier molecular flexibility index (Phi) is 5.27. The first-order valence-corrected chi connectivity index (χ1v) is 11.2. The van der Waals surface area contributed by atoms with Crippen molar-refractivity contribution in [3.8, 4) is 0 Å². The van der Waals surface area contributed by atoms with E-state index < -0.39 is 16.1 Å². The Morgan fingerprint density at radius 1 is 1.21 bits per heavy atom. The van der Waals surface area contributed by atoms with Crippen molar-refractivity contribution in [1.29, 1.82) is 0 Å². The number of aliphatic imine (C=N–C) groups is 1. The summed E-state index contributed by atoms with van der Waals surface area (Å²) in [6.45, 7) is 4.13. The summed E-state index contributed by atoms with van der Waals surface area (Å²) in [5.74, 6) is 0.392. The van der Waals surface area contributed by atoms with E-state index in [2.05, 4.69) is 32.1 Å². The average molecular weight is 413 g/mol. The van der Waals surface area contributed by atoms with Crippen LogP contribution < -0.4 is 14.9 Å². The quantitative estimate of drug-likeness (QED) is 0.783. The highest BCUT2D eigenvalue weighted by Gasteiger charge is 2.31. The molecule has 8 heteroatoms. The summed E-state index contributed by atoms with van der Waals surface area (Å²) in [4.78, 5) is 19.3. The lowest BCUT2D eigenvalue weighted by molar-refractivity contribution is -0.122. The molecule has 0 radical (unpaired) electrons. The third kappa shape index (κ3) is 4.12. The van der Waals surface area contributed by atoms with Gasteiger partial charge in [0.15, 0.2) is 0 Å². The number of carbonyl (C=O) groups excluding carboxylic acids is 1. The maximum absolute atomic E-state index is 12.5. The van der Waals surface area contributed by atoms with Crippen molar-refractivity contribution < 1.29 is 13.2 Å². The Morgan fingerprint density at radius 3 is 2.72 bits per heavy atom. The first kappa shape index (κ1) is 19.4. The number of amides is 1. The Hall–Kier alpha value is -2.87. The summed E-state index contributed by atoms with van der Waals surface area (Å²) < 4.78 is 26.8. The van der Waals surface area contributed by atoms with Crippen LogP contribution in [-0.2, 0) is 14.8 Å². The fourth-order valence-corrected chi connectivity index (χ4v) is 4.99. The molecule has 1 saturated heterocycles. The summed E-state index contributed by atoms with van der Waals surface area (Å²) >= 11 is 0. The van der Waals surface area contributed by atoms with Gasteiger partial charge in [0.05, 0.1) is 4.90 Å². The molecular formula is C21H24N4O3S. The molecule has 2 aliphatic rings. The summed E-state index contributed by atoms with van der Waals surface area (Å²) in [6.07, 6.45) is 1.02. The van der Waals surface area contributed by atoms with Gasteiger partial charge in [-0.2, -0.15) is 0 Å². The van der Waals surface area contributed by atoms with Crippen LogP contribution in [0.3, 0.4) is 0 Å². The minimum atomic E-state index is -3.60. The molecule has 0 spiro atoms. The van der Waals surface area contributed by atoms with Crippen LogP contribution in [0.15, 0.2) is 64.5 Å². The molecule has 2 atom stereocenters. The number of para-hydroxylation sites is 1. The Labute approximate surface area is 170 Å². The molecule has 2 aromatic carbocycles. The minimum Gasteiger partial charge on any atom is -0.371 e. The van der Waals surface area contributed by atoms with Crippen LogP contribution in [0.2, 0.25) is 0 Å². The Bertz CT molecular complexity index is 1040. The number of rotatable bonds is 5. The number of amidine groups is 1. The molecule has 2 aromatic rings. The third-order valence-electron chi connectivity index (χ3n) is 5.34. The molecular weight excluding hydrogens is 388 g/mol. The van der Waals surface area contributed by atoms with E-state index in [4.69, 9.17) is 0 Å². The number of carbonyl (C=O) groups is 1. The molecule has 2 heterocycles. The summed E-state index contributed by atoms with van der Waals surface area (Å²) in [7, 11) is -3.60. The van der Waals surface area contributed by atoms with Crippen molar-refractivity contribution in [2.75, 3.05) is 24.5 Å². The van der Waals surface area contributed by atoms with E-state index in [0.29, 0.717) is 18.0 Å². The lowest BCUT2D eigenvalue weighted by atomic mass is 10.1. The second-order valence-electron chi connectivity index (χ2n) is 7.44. The fraction of sp³-hybridized carbons (Fsp3) is 0.333. The fourth-order valence-electron chi connectivity index (χ4n) is 3.75. The van der Waals surface area contributed by atoms with Gasteiger partial charge in [0, 0.05) is 30.9 Å².